The lowest BCUT2D eigenvalue weighted by Gasteiger charge is -2.05. The number of fused-ring (bicyclic) bond motifs is 1. The molecule has 1 heteroatoms. The summed E-state index contributed by atoms with van der Waals surface area (Å²) in [6, 6.07) is 27.5. The fourth-order valence-corrected chi connectivity index (χ4v) is 2.87. The molecule has 0 aliphatic carbocycles. The molecular weight excluding hydrogens is 254 g/mol. The zero-order valence-electron chi connectivity index (χ0n) is 11.6. The Bertz CT molecular complexity index is 874. The van der Waals surface area contributed by atoms with Crippen LogP contribution >= 0.6 is 0 Å². The van der Waals surface area contributed by atoms with Crippen LogP contribution in [-0.2, 0) is 0 Å². The van der Waals surface area contributed by atoms with Gasteiger partial charge in [-0.25, -0.2) is 0 Å². The molecule has 0 spiro atoms. The van der Waals surface area contributed by atoms with E-state index in [2.05, 4.69) is 95.7 Å². The normalized spacial score (nSPS) is 10.9. The van der Waals surface area contributed by atoms with Crippen molar-refractivity contribution in [1.82, 2.24) is 4.40 Å². The lowest BCUT2D eigenvalue weighted by atomic mass is 9.98. The smallest absolute Gasteiger partial charge is 0.0534 e. The molecular formula is C20H15N. The molecule has 0 amide bonds. The van der Waals surface area contributed by atoms with Crippen molar-refractivity contribution in [1.29, 1.82) is 0 Å². The van der Waals surface area contributed by atoms with Gasteiger partial charge in [-0.2, -0.15) is 0 Å². The average Bonchev–Trinajstić information content (AvgIpc) is 2.96. The van der Waals surface area contributed by atoms with E-state index in [0.717, 1.165) is 0 Å². The number of nitrogens with zero attached hydrogens (tertiary/aromatic N) is 1. The van der Waals surface area contributed by atoms with E-state index in [0.29, 0.717) is 0 Å². The van der Waals surface area contributed by atoms with Crippen molar-refractivity contribution in [2.75, 3.05) is 0 Å². The topological polar surface area (TPSA) is 4.41 Å². The highest BCUT2D eigenvalue weighted by Gasteiger charge is 2.13. The average molecular weight is 269 g/mol. The second-order valence-electron chi connectivity index (χ2n) is 5.14. The Morgan fingerprint density at radius 1 is 0.571 bits per heavy atom. The standard InChI is InChI=1S/C20H15N/c1-3-9-16(10-4-1)18-15-21-14-8-7-13-19(21)20(18)17-11-5-2-6-12-17/h1-15H. The predicted molar refractivity (Wildman–Crippen MR) is 88.3 cm³/mol. The van der Waals surface area contributed by atoms with E-state index in [1.165, 1.54) is 27.8 Å². The van der Waals surface area contributed by atoms with E-state index in [1.807, 2.05) is 0 Å². The van der Waals surface area contributed by atoms with Gasteiger partial charge < -0.3 is 4.40 Å². The summed E-state index contributed by atoms with van der Waals surface area (Å²) in [5.74, 6) is 0. The van der Waals surface area contributed by atoms with Crippen LogP contribution in [0.25, 0.3) is 27.8 Å². The van der Waals surface area contributed by atoms with E-state index in [4.69, 9.17) is 0 Å². The summed E-state index contributed by atoms with van der Waals surface area (Å²) in [5, 5.41) is 0. The molecule has 0 saturated carbocycles. The number of rotatable bonds is 2. The van der Waals surface area contributed by atoms with Crippen LogP contribution in [0.2, 0.25) is 0 Å². The molecule has 21 heavy (non-hydrogen) atoms. The largest absolute Gasteiger partial charge is 0.323 e. The summed E-state index contributed by atoms with van der Waals surface area (Å²) in [6.45, 7) is 0. The third-order valence-electron chi connectivity index (χ3n) is 3.83. The van der Waals surface area contributed by atoms with Crippen LogP contribution < -0.4 is 0 Å². The Balaban J connectivity index is 2.07. The first kappa shape index (κ1) is 12.0. The lowest BCUT2D eigenvalue weighted by Crippen LogP contribution is -1.81. The third-order valence-corrected chi connectivity index (χ3v) is 3.83. The van der Waals surface area contributed by atoms with Crippen molar-refractivity contribution in [3.8, 4) is 22.3 Å². The maximum atomic E-state index is 2.22. The number of pyridine rings is 1. The van der Waals surface area contributed by atoms with Crippen molar-refractivity contribution in [3.63, 3.8) is 0 Å². The maximum Gasteiger partial charge on any atom is 0.0534 e. The fourth-order valence-electron chi connectivity index (χ4n) is 2.87. The molecule has 0 radical (unpaired) electrons. The van der Waals surface area contributed by atoms with E-state index in [1.54, 1.807) is 0 Å². The monoisotopic (exact) mass is 269 g/mol. The molecule has 4 aromatic rings. The van der Waals surface area contributed by atoms with Gasteiger partial charge in [0.1, 0.15) is 0 Å². The maximum absolute atomic E-state index is 2.22. The van der Waals surface area contributed by atoms with E-state index >= 15 is 0 Å². The van der Waals surface area contributed by atoms with E-state index in [-0.39, 0.29) is 0 Å². The van der Waals surface area contributed by atoms with Crippen LogP contribution in [0, 0.1) is 0 Å². The molecule has 0 saturated heterocycles. The van der Waals surface area contributed by atoms with Gasteiger partial charge >= 0.3 is 0 Å². The summed E-state index contributed by atoms with van der Waals surface area (Å²) >= 11 is 0. The fraction of sp³-hybridized carbons (Fsp3) is 0. The molecule has 0 aliphatic heterocycles. The third kappa shape index (κ3) is 2.03. The van der Waals surface area contributed by atoms with Gasteiger partial charge in [-0.1, -0.05) is 66.7 Å². The molecule has 2 aromatic carbocycles. The molecule has 1 nitrogen and oxygen atoms in total. The van der Waals surface area contributed by atoms with Crippen LogP contribution in [0.3, 0.4) is 0 Å². The first-order chi connectivity index (χ1) is 10.4. The van der Waals surface area contributed by atoms with Crippen molar-refractivity contribution in [2.45, 2.75) is 0 Å². The molecule has 0 aliphatic rings. The Morgan fingerprint density at radius 3 is 1.90 bits per heavy atom. The number of aromatic nitrogens is 1. The lowest BCUT2D eigenvalue weighted by molar-refractivity contribution is 1.20. The van der Waals surface area contributed by atoms with Crippen LogP contribution in [0.15, 0.2) is 91.3 Å². The Hall–Kier alpha value is -2.80. The molecule has 2 heterocycles. The zero-order chi connectivity index (χ0) is 14.1. The number of benzene rings is 2. The molecule has 0 bridgehead atoms. The first-order valence-electron chi connectivity index (χ1n) is 7.14. The number of hydrogen-bond acceptors (Lipinski definition) is 0. The van der Waals surface area contributed by atoms with Crippen LogP contribution in [-0.4, -0.2) is 4.40 Å². The molecule has 0 unspecified atom stereocenters. The summed E-state index contributed by atoms with van der Waals surface area (Å²) < 4.78 is 2.20. The van der Waals surface area contributed by atoms with Crippen molar-refractivity contribution in [3.05, 3.63) is 91.3 Å². The van der Waals surface area contributed by atoms with Crippen molar-refractivity contribution >= 4 is 5.52 Å². The van der Waals surface area contributed by atoms with Gasteiger partial charge in [-0.15, -0.1) is 0 Å². The van der Waals surface area contributed by atoms with E-state index < -0.39 is 0 Å². The van der Waals surface area contributed by atoms with Gasteiger partial charge in [0.15, 0.2) is 0 Å². The van der Waals surface area contributed by atoms with Crippen molar-refractivity contribution in [2.24, 2.45) is 0 Å². The van der Waals surface area contributed by atoms with Gasteiger partial charge in [-0.05, 0) is 23.3 Å². The highest BCUT2D eigenvalue weighted by Crippen LogP contribution is 2.36. The van der Waals surface area contributed by atoms with Gasteiger partial charge in [0.2, 0.25) is 0 Å². The zero-order valence-corrected chi connectivity index (χ0v) is 11.6. The Labute approximate surface area is 124 Å². The second kappa shape index (κ2) is 4.95. The van der Waals surface area contributed by atoms with Gasteiger partial charge in [-0.3, -0.25) is 0 Å². The predicted octanol–water partition coefficient (Wildman–Crippen LogP) is 5.27. The summed E-state index contributed by atoms with van der Waals surface area (Å²) in [4.78, 5) is 0. The molecule has 100 valence electrons. The van der Waals surface area contributed by atoms with Crippen molar-refractivity contribution < 1.29 is 0 Å². The van der Waals surface area contributed by atoms with Crippen LogP contribution in [0.1, 0.15) is 0 Å². The molecule has 4 rings (SSSR count). The van der Waals surface area contributed by atoms with Gasteiger partial charge in [0, 0.05) is 23.5 Å². The highest BCUT2D eigenvalue weighted by atomic mass is 14.9. The Kier molecular flexibility index (Phi) is 2.82. The molecule has 0 N–H and O–H groups in total. The summed E-state index contributed by atoms with van der Waals surface area (Å²) in [7, 11) is 0. The minimum atomic E-state index is 1.24. The van der Waals surface area contributed by atoms with Gasteiger partial charge in [0.25, 0.3) is 0 Å². The second-order valence-corrected chi connectivity index (χ2v) is 5.14. The summed E-state index contributed by atoms with van der Waals surface area (Å²) in [5.41, 5.74) is 6.31. The summed E-state index contributed by atoms with van der Waals surface area (Å²) in [6.07, 6.45) is 4.32. The van der Waals surface area contributed by atoms with Gasteiger partial charge in [0.05, 0.1) is 5.52 Å². The minimum Gasteiger partial charge on any atom is -0.323 e. The highest BCUT2D eigenvalue weighted by molar-refractivity contribution is 5.94. The minimum absolute atomic E-state index is 1.24. The molecule has 0 fully saturated rings. The number of hydrogen-bond donors (Lipinski definition) is 0. The van der Waals surface area contributed by atoms with Crippen LogP contribution in [0.4, 0.5) is 0 Å². The quantitative estimate of drug-likeness (QED) is 0.467. The van der Waals surface area contributed by atoms with Crippen LogP contribution in [0.5, 0.6) is 0 Å². The Morgan fingerprint density at radius 2 is 1.19 bits per heavy atom. The first-order valence-corrected chi connectivity index (χ1v) is 7.14. The molecule has 0 atom stereocenters. The SMILES string of the molecule is c1ccc(-c2cn3ccccc3c2-c2ccccc2)cc1. The molecule has 2 aromatic heterocycles. The van der Waals surface area contributed by atoms with E-state index in [9.17, 15) is 0 Å².